The molecule has 0 saturated carbocycles. The number of benzene rings is 2. The molecule has 2 atom stereocenters. The highest BCUT2D eigenvalue weighted by Gasteiger charge is 2.09. The monoisotopic (exact) mass is 283 g/mol. The standard InChI is InChI=1S/C19H25NO/c1-15(13-17-7-5-4-6-8-17)20-16(2)14-18-9-11-19(21-3)12-10-18/h4-12,15-16,20H,13-14H2,1-3H3. The van der Waals surface area contributed by atoms with Crippen LogP contribution in [0.15, 0.2) is 54.6 Å². The van der Waals surface area contributed by atoms with Crippen LogP contribution >= 0.6 is 0 Å². The Morgan fingerprint density at radius 2 is 1.33 bits per heavy atom. The van der Waals surface area contributed by atoms with E-state index in [1.807, 2.05) is 12.1 Å². The van der Waals surface area contributed by atoms with Gasteiger partial charge in [0.25, 0.3) is 0 Å². The molecule has 2 nitrogen and oxygen atoms in total. The molecular formula is C19H25NO. The number of hydrogen-bond donors (Lipinski definition) is 1. The normalized spacial score (nSPS) is 13.7. The molecule has 0 saturated heterocycles. The molecule has 0 aliphatic rings. The van der Waals surface area contributed by atoms with Gasteiger partial charge in [-0.15, -0.1) is 0 Å². The van der Waals surface area contributed by atoms with Crippen LogP contribution < -0.4 is 10.1 Å². The highest BCUT2D eigenvalue weighted by Crippen LogP contribution is 2.13. The summed E-state index contributed by atoms with van der Waals surface area (Å²) in [5, 5.41) is 3.67. The zero-order valence-corrected chi connectivity index (χ0v) is 13.2. The second-order valence-electron chi connectivity index (χ2n) is 5.71. The van der Waals surface area contributed by atoms with Crippen molar-refractivity contribution in [2.75, 3.05) is 7.11 Å². The maximum atomic E-state index is 5.19. The first-order valence-electron chi connectivity index (χ1n) is 7.60. The van der Waals surface area contributed by atoms with Gasteiger partial charge >= 0.3 is 0 Å². The van der Waals surface area contributed by atoms with E-state index < -0.39 is 0 Å². The summed E-state index contributed by atoms with van der Waals surface area (Å²) < 4.78 is 5.19. The zero-order chi connectivity index (χ0) is 15.1. The fourth-order valence-electron chi connectivity index (χ4n) is 2.69. The van der Waals surface area contributed by atoms with Crippen LogP contribution in [-0.4, -0.2) is 19.2 Å². The maximum absolute atomic E-state index is 5.19. The van der Waals surface area contributed by atoms with E-state index in [4.69, 9.17) is 4.74 Å². The Labute approximate surface area is 128 Å². The smallest absolute Gasteiger partial charge is 0.118 e. The second kappa shape index (κ2) is 7.84. The molecule has 21 heavy (non-hydrogen) atoms. The van der Waals surface area contributed by atoms with E-state index in [1.54, 1.807) is 7.11 Å². The van der Waals surface area contributed by atoms with Gasteiger partial charge in [-0.05, 0) is 49.9 Å². The van der Waals surface area contributed by atoms with Crippen molar-refractivity contribution in [1.82, 2.24) is 5.32 Å². The molecule has 2 rings (SSSR count). The SMILES string of the molecule is COc1ccc(CC(C)NC(C)Cc2ccccc2)cc1. The maximum Gasteiger partial charge on any atom is 0.118 e. The Balaban J connectivity index is 1.81. The summed E-state index contributed by atoms with van der Waals surface area (Å²) in [6, 6.07) is 19.9. The minimum absolute atomic E-state index is 0.456. The van der Waals surface area contributed by atoms with Crippen molar-refractivity contribution in [1.29, 1.82) is 0 Å². The molecule has 0 radical (unpaired) electrons. The summed E-state index contributed by atoms with van der Waals surface area (Å²) in [5.41, 5.74) is 2.72. The van der Waals surface area contributed by atoms with Gasteiger partial charge < -0.3 is 10.1 Å². The van der Waals surface area contributed by atoms with E-state index in [2.05, 4.69) is 61.6 Å². The molecule has 0 spiro atoms. The third-order valence-corrected chi connectivity index (χ3v) is 3.65. The van der Waals surface area contributed by atoms with Crippen LogP contribution in [0.3, 0.4) is 0 Å². The fraction of sp³-hybridized carbons (Fsp3) is 0.368. The number of ether oxygens (including phenoxy) is 1. The van der Waals surface area contributed by atoms with Gasteiger partial charge in [0.15, 0.2) is 0 Å². The average molecular weight is 283 g/mol. The topological polar surface area (TPSA) is 21.3 Å². The Hall–Kier alpha value is -1.80. The summed E-state index contributed by atoms with van der Waals surface area (Å²) >= 11 is 0. The van der Waals surface area contributed by atoms with Gasteiger partial charge in [0.05, 0.1) is 7.11 Å². The van der Waals surface area contributed by atoms with E-state index >= 15 is 0 Å². The Bertz CT molecular complexity index is 521. The van der Waals surface area contributed by atoms with Crippen LogP contribution in [0.5, 0.6) is 5.75 Å². The van der Waals surface area contributed by atoms with Crippen LogP contribution in [0.4, 0.5) is 0 Å². The minimum atomic E-state index is 0.456. The van der Waals surface area contributed by atoms with E-state index in [0.29, 0.717) is 12.1 Å². The first-order valence-corrected chi connectivity index (χ1v) is 7.60. The van der Waals surface area contributed by atoms with Crippen molar-refractivity contribution in [2.24, 2.45) is 0 Å². The van der Waals surface area contributed by atoms with Gasteiger partial charge in [0.2, 0.25) is 0 Å². The molecule has 0 heterocycles. The van der Waals surface area contributed by atoms with Crippen LogP contribution in [0, 0.1) is 0 Å². The van der Waals surface area contributed by atoms with Crippen molar-refractivity contribution in [3.8, 4) is 5.75 Å². The van der Waals surface area contributed by atoms with Crippen LogP contribution in [0.1, 0.15) is 25.0 Å². The lowest BCUT2D eigenvalue weighted by Gasteiger charge is -2.20. The van der Waals surface area contributed by atoms with Crippen molar-refractivity contribution in [3.63, 3.8) is 0 Å². The molecule has 0 bridgehead atoms. The molecule has 0 aliphatic carbocycles. The van der Waals surface area contributed by atoms with Gasteiger partial charge in [-0.2, -0.15) is 0 Å². The summed E-state index contributed by atoms with van der Waals surface area (Å²) in [6.07, 6.45) is 2.09. The first kappa shape index (κ1) is 15.6. The number of nitrogens with one attached hydrogen (secondary N) is 1. The average Bonchev–Trinajstić information content (AvgIpc) is 2.48. The molecule has 0 aliphatic heterocycles. The Morgan fingerprint density at radius 1 is 0.810 bits per heavy atom. The molecule has 0 amide bonds. The van der Waals surface area contributed by atoms with Crippen molar-refractivity contribution in [2.45, 2.75) is 38.8 Å². The van der Waals surface area contributed by atoms with Gasteiger partial charge in [-0.3, -0.25) is 0 Å². The van der Waals surface area contributed by atoms with Crippen molar-refractivity contribution >= 4 is 0 Å². The summed E-state index contributed by atoms with van der Waals surface area (Å²) in [4.78, 5) is 0. The van der Waals surface area contributed by atoms with Crippen LogP contribution in [0.25, 0.3) is 0 Å². The van der Waals surface area contributed by atoms with Crippen molar-refractivity contribution < 1.29 is 4.74 Å². The molecular weight excluding hydrogens is 258 g/mol. The summed E-state index contributed by atoms with van der Waals surface area (Å²) in [6.45, 7) is 4.49. The molecule has 112 valence electrons. The minimum Gasteiger partial charge on any atom is -0.497 e. The van der Waals surface area contributed by atoms with Gasteiger partial charge in [-0.25, -0.2) is 0 Å². The van der Waals surface area contributed by atoms with Crippen LogP contribution in [-0.2, 0) is 12.8 Å². The molecule has 2 heteroatoms. The summed E-state index contributed by atoms with van der Waals surface area (Å²) in [5.74, 6) is 0.914. The summed E-state index contributed by atoms with van der Waals surface area (Å²) in [7, 11) is 1.70. The van der Waals surface area contributed by atoms with E-state index in [0.717, 1.165) is 18.6 Å². The lowest BCUT2D eigenvalue weighted by molar-refractivity contribution is 0.414. The molecule has 2 aromatic rings. The third-order valence-electron chi connectivity index (χ3n) is 3.65. The van der Waals surface area contributed by atoms with E-state index in [-0.39, 0.29) is 0 Å². The fourth-order valence-corrected chi connectivity index (χ4v) is 2.69. The lowest BCUT2D eigenvalue weighted by atomic mass is 10.0. The molecule has 0 fully saturated rings. The van der Waals surface area contributed by atoms with Crippen molar-refractivity contribution in [3.05, 3.63) is 65.7 Å². The first-order chi connectivity index (χ1) is 10.2. The quantitative estimate of drug-likeness (QED) is 0.833. The molecule has 1 N–H and O–H groups in total. The predicted octanol–water partition coefficient (Wildman–Crippen LogP) is 3.85. The van der Waals surface area contributed by atoms with Gasteiger partial charge in [-0.1, -0.05) is 42.5 Å². The second-order valence-corrected chi connectivity index (χ2v) is 5.71. The number of methoxy groups -OCH3 is 1. The molecule has 2 unspecified atom stereocenters. The number of hydrogen-bond acceptors (Lipinski definition) is 2. The highest BCUT2D eigenvalue weighted by atomic mass is 16.5. The van der Waals surface area contributed by atoms with Gasteiger partial charge in [0.1, 0.15) is 5.75 Å². The lowest BCUT2D eigenvalue weighted by Crippen LogP contribution is -2.37. The zero-order valence-electron chi connectivity index (χ0n) is 13.2. The molecule has 2 aromatic carbocycles. The van der Waals surface area contributed by atoms with Gasteiger partial charge in [0, 0.05) is 12.1 Å². The van der Waals surface area contributed by atoms with Crippen LogP contribution in [0.2, 0.25) is 0 Å². The predicted molar refractivity (Wildman–Crippen MR) is 88.9 cm³/mol. The Kier molecular flexibility index (Phi) is 5.82. The third kappa shape index (κ3) is 5.24. The number of rotatable bonds is 7. The Morgan fingerprint density at radius 3 is 1.86 bits per heavy atom. The van der Waals surface area contributed by atoms with E-state index in [9.17, 15) is 0 Å². The molecule has 0 aromatic heterocycles. The highest BCUT2D eigenvalue weighted by molar-refractivity contribution is 5.27. The van der Waals surface area contributed by atoms with E-state index in [1.165, 1.54) is 11.1 Å². The largest absolute Gasteiger partial charge is 0.497 e.